The van der Waals surface area contributed by atoms with E-state index < -0.39 is 32.4 Å². The van der Waals surface area contributed by atoms with Crippen molar-refractivity contribution in [3.63, 3.8) is 0 Å². The topological polar surface area (TPSA) is 88.6 Å². The summed E-state index contributed by atoms with van der Waals surface area (Å²) in [5.41, 5.74) is 0.561. The van der Waals surface area contributed by atoms with Crippen LogP contribution in [0.25, 0.3) is 0 Å². The van der Waals surface area contributed by atoms with E-state index in [2.05, 4.69) is 10.3 Å². The molecular formula is C16H18ClFN3O4S2. The average molecular weight is 435 g/mol. The van der Waals surface area contributed by atoms with Crippen molar-refractivity contribution in [2.45, 2.75) is 38.2 Å². The van der Waals surface area contributed by atoms with Crippen LogP contribution in [0.5, 0.6) is 0 Å². The SMILES string of the molecule is C[CH]Nc1cc(F)c(S(=O)(=O)N(C(=O)OC(C)(C)C)c2cscn2)cc1Cl. The van der Waals surface area contributed by atoms with E-state index in [1.807, 2.05) is 0 Å². The Labute approximate surface area is 166 Å². The van der Waals surface area contributed by atoms with Crippen LogP contribution in [-0.2, 0) is 14.8 Å². The zero-order valence-corrected chi connectivity index (χ0v) is 17.4. The van der Waals surface area contributed by atoms with Gasteiger partial charge in [0.2, 0.25) is 0 Å². The molecule has 0 fully saturated rings. The number of carbonyl (C=O) groups excluding carboxylic acids is 1. The Morgan fingerprint density at radius 3 is 2.59 bits per heavy atom. The Bertz CT molecular complexity index is 928. The van der Waals surface area contributed by atoms with E-state index in [0.717, 1.165) is 23.5 Å². The first-order valence-electron chi connectivity index (χ1n) is 7.67. The van der Waals surface area contributed by atoms with Crippen molar-refractivity contribution in [3.05, 3.63) is 40.4 Å². The summed E-state index contributed by atoms with van der Waals surface area (Å²) in [6.45, 7) is 7.91. The lowest BCUT2D eigenvalue weighted by Gasteiger charge is -2.26. The van der Waals surface area contributed by atoms with Gasteiger partial charge >= 0.3 is 6.09 Å². The molecule has 0 saturated carbocycles. The van der Waals surface area contributed by atoms with Gasteiger partial charge in [-0.3, -0.25) is 0 Å². The summed E-state index contributed by atoms with van der Waals surface area (Å²) in [7, 11) is -4.67. The Balaban J connectivity index is 2.58. The highest BCUT2D eigenvalue weighted by atomic mass is 35.5. The maximum absolute atomic E-state index is 14.6. The molecule has 1 amide bonds. The van der Waals surface area contributed by atoms with Gasteiger partial charge in [0.25, 0.3) is 10.0 Å². The summed E-state index contributed by atoms with van der Waals surface area (Å²) in [5.74, 6) is -1.28. The van der Waals surface area contributed by atoms with Gasteiger partial charge in [0.05, 0.1) is 16.2 Å². The molecule has 1 aromatic carbocycles. The summed E-state index contributed by atoms with van der Waals surface area (Å²) in [6, 6.07) is 1.87. The molecule has 0 atom stereocenters. The first-order valence-corrected chi connectivity index (χ1v) is 10.4. The number of thiazole rings is 1. The molecular weight excluding hydrogens is 417 g/mol. The molecule has 11 heteroatoms. The molecule has 147 valence electrons. The van der Waals surface area contributed by atoms with Crippen LogP contribution in [0.15, 0.2) is 27.9 Å². The predicted molar refractivity (Wildman–Crippen MR) is 103 cm³/mol. The number of rotatable bonds is 5. The second kappa shape index (κ2) is 7.99. The molecule has 0 unspecified atom stereocenters. The third-order valence-corrected chi connectivity index (χ3v) is 5.60. The molecule has 0 aliphatic heterocycles. The summed E-state index contributed by atoms with van der Waals surface area (Å²) in [5, 5.41) is 4.00. The molecule has 27 heavy (non-hydrogen) atoms. The summed E-state index contributed by atoms with van der Waals surface area (Å²) in [4.78, 5) is 15.6. The fourth-order valence-electron chi connectivity index (χ4n) is 2.02. The van der Waals surface area contributed by atoms with E-state index in [1.54, 1.807) is 27.7 Å². The number of anilines is 2. The van der Waals surface area contributed by atoms with Gasteiger partial charge in [-0.15, -0.1) is 15.6 Å². The largest absolute Gasteiger partial charge is 0.443 e. The van der Waals surface area contributed by atoms with E-state index >= 15 is 0 Å². The normalized spacial score (nSPS) is 11.9. The van der Waals surface area contributed by atoms with Crippen molar-refractivity contribution >= 4 is 50.6 Å². The zero-order chi connectivity index (χ0) is 20.4. The molecule has 0 aliphatic carbocycles. The third kappa shape index (κ3) is 4.88. The minimum atomic E-state index is -4.67. The maximum atomic E-state index is 14.6. The lowest BCUT2D eigenvalue weighted by molar-refractivity contribution is 0.0608. The number of nitrogens with one attached hydrogen (secondary N) is 1. The van der Waals surface area contributed by atoms with Gasteiger partial charge in [-0.05, 0) is 39.8 Å². The average Bonchev–Trinajstić information content (AvgIpc) is 3.02. The van der Waals surface area contributed by atoms with Gasteiger partial charge < -0.3 is 10.1 Å². The number of sulfonamides is 1. The van der Waals surface area contributed by atoms with Crippen LogP contribution >= 0.6 is 22.9 Å². The van der Waals surface area contributed by atoms with Crippen LogP contribution in [0.4, 0.5) is 20.7 Å². The van der Waals surface area contributed by atoms with Gasteiger partial charge in [-0.1, -0.05) is 11.6 Å². The number of aromatic nitrogens is 1. The van der Waals surface area contributed by atoms with Crippen LogP contribution in [0.2, 0.25) is 5.02 Å². The molecule has 0 bridgehead atoms. The van der Waals surface area contributed by atoms with Crippen molar-refractivity contribution < 1.29 is 22.3 Å². The minimum absolute atomic E-state index is 0.0320. The van der Waals surface area contributed by atoms with Gasteiger partial charge in [-0.25, -0.2) is 22.6 Å². The fourth-order valence-corrected chi connectivity index (χ4v) is 4.23. The molecule has 7 nitrogen and oxygen atoms in total. The van der Waals surface area contributed by atoms with Crippen molar-refractivity contribution in [1.29, 1.82) is 0 Å². The van der Waals surface area contributed by atoms with E-state index in [0.29, 0.717) is 4.31 Å². The van der Waals surface area contributed by atoms with Crippen LogP contribution in [0, 0.1) is 12.4 Å². The maximum Gasteiger partial charge on any atom is 0.430 e. The molecule has 1 radical (unpaired) electrons. The quantitative estimate of drug-likeness (QED) is 0.736. The Morgan fingerprint density at radius 2 is 2.07 bits per heavy atom. The van der Waals surface area contributed by atoms with E-state index in [1.165, 1.54) is 17.4 Å². The van der Waals surface area contributed by atoms with Crippen molar-refractivity contribution in [2.75, 3.05) is 9.62 Å². The number of amides is 1. The van der Waals surface area contributed by atoms with Crippen LogP contribution in [0.3, 0.4) is 0 Å². The number of hydrogen-bond acceptors (Lipinski definition) is 7. The zero-order valence-electron chi connectivity index (χ0n) is 15.0. The van der Waals surface area contributed by atoms with Gasteiger partial charge in [0.15, 0.2) is 5.82 Å². The second-order valence-electron chi connectivity index (χ2n) is 6.29. The number of halogens is 2. The highest BCUT2D eigenvalue weighted by molar-refractivity contribution is 7.93. The third-order valence-electron chi connectivity index (χ3n) is 3.03. The Kier molecular flexibility index (Phi) is 6.33. The van der Waals surface area contributed by atoms with Gasteiger partial charge in [0.1, 0.15) is 16.3 Å². The number of carbonyl (C=O) groups is 1. The molecule has 2 rings (SSSR count). The highest BCUT2D eigenvalue weighted by Crippen LogP contribution is 2.32. The standard InChI is InChI=1S/C16H18ClFN3O4S2/c1-5-19-12-7-11(18)13(6-10(12)17)27(23,24)21(14-8-26-9-20-14)15(22)25-16(2,3)4/h5-9,19H,1-4H3. The lowest BCUT2D eigenvalue weighted by atomic mass is 10.2. The first-order chi connectivity index (χ1) is 12.5. The minimum Gasteiger partial charge on any atom is -0.443 e. The molecule has 1 aromatic heterocycles. The van der Waals surface area contributed by atoms with Crippen LogP contribution in [0.1, 0.15) is 27.7 Å². The Morgan fingerprint density at radius 1 is 1.41 bits per heavy atom. The summed E-state index contributed by atoms with van der Waals surface area (Å²) >= 11 is 7.11. The molecule has 0 saturated heterocycles. The van der Waals surface area contributed by atoms with Crippen molar-refractivity contribution in [3.8, 4) is 0 Å². The lowest BCUT2D eigenvalue weighted by Crippen LogP contribution is -2.41. The molecule has 1 N–H and O–H groups in total. The number of nitrogens with zero attached hydrogens (tertiary/aromatic N) is 2. The fraction of sp³-hybridized carbons (Fsp3) is 0.312. The van der Waals surface area contributed by atoms with Crippen molar-refractivity contribution in [1.82, 2.24) is 4.98 Å². The Hall–Kier alpha value is -1.91. The molecule has 1 heterocycles. The number of hydrogen-bond donors (Lipinski definition) is 1. The highest BCUT2D eigenvalue weighted by Gasteiger charge is 2.38. The summed E-state index contributed by atoms with van der Waals surface area (Å²) in [6.07, 6.45) is -1.20. The van der Waals surface area contributed by atoms with Crippen LogP contribution < -0.4 is 9.62 Å². The number of ether oxygens (including phenoxy) is 1. The van der Waals surface area contributed by atoms with Crippen molar-refractivity contribution in [2.24, 2.45) is 0 Å². The predicted octanol–water partition coefficient (Wildman–Crippen LogP) is 4.66. The molecule has 2 aromatic rings. The van der Waals surface area contributed by atoms with E-state index in [9.17, 15) is 17.6 Å². The van der Waals surface area contributed by atoms with Gasteiger partial charge in [-0.2, -0.15) is 0 Å². The monoisotopic (exact) mass is 434 g/mol. The molecule has 0 spiro atoms. The second-order valence-corrected chi connectivity index (χ2v) is 9.17. The number of benzene rings is 1. The molecule has 0 aliphatic rings. The van der Waals surface area contributed by atoms with Gasteiger partial charge in [0, 0.05) is 11.9 Å². The summed E-state index contributed by atoms with van der Waals surface area (Å²) < 4.78 is 46.2. The van der Waals surface area contributed by atoms with Crippen LogP contribution in [-0.4, -0.2) is 25.1 Å². The van der Waals surface area contributed by atoms with E-state index in [-0.39, 0.29) is 16.5 Å². The van der Waals surface area contributed by atoms with E-state index in [4.69, 9.17) is 16.3 Å². The smallest absolute Gasteiger partial charge is 0.430 e. The first kappa shape index (κ1) is 21.4.